The molecule has 1 N–H and O–H groups in total. The van der Waals surface area contributed by atoms with Gasteiger partial charge in [0.15, 0.2) is 0 Å². The maximum Gasteiger partial charge on any atom is 0.313 e. The summed E-state index contributed by atoms with van der Waals surface area (Å²) < 4.78 is 2.16. The number of carboxylic acid groups (broad SMARTS) is 1. The summed E-state index contributed by atoms with van der Waals surface area (Å²) in [6.07, 6.45) is 2.05. The monoisotopic (exact) mass is 245 g/mol. The fourth-order valence-electron chi connectivity index (χ4n) is 2.11. The standard InChI is InChI=1S/C15H19NO2/c1-10(2)16-8-7-11-5-6-12(9-13(11)16)15(3,4)14(17)18/h5-10H,1-4H3,(H,17,18). The molecule has 18 heavy (non-hydrogen) atoms. The third-order valence-corrected chi connectivity index (χ3v) is 3.54. The molecule has 3 nitrogen and oxygen atoms in total. The summed E-state index contributed by atoms with van der Waals surface area (Å²) >= 11 is 0. The van der Waals surface area contributed by atoms with E-state index in [0.29, 0.717) is 6.04 Å². The van der Waals surface area contributed by atoms with Gasteiger partial charge in [-0.1, -0.05) is 12.1 Å². The van der Waals surface area contributed by atoms with Crippen LogP contribution in [0.5, 0.6) is 0 Å². The van der Waals surface area contributed by atoms with Crippen LogP contribution in [0.2, 0.25) is 0 Å². The van der Waals surface area contributed by atoms with E-state index in [0.717, 1.165) is 16.5 Å². The molecule has 0 aliphatic carbocycles. The zero-order valence-corrected chi connectivity index (χ0v) is 11.3. The Morgan fingerprint density at radius 2 is 1.94 bits per heavy atom. The number of aromatic nitrogens is 1. The smallest absolute Gasteiger partial charge is 0.313 e. The normalized spacial score (nSPS) is 12.3. The lowest BCUT2D eigenvalue weighted by Crippen LogP contribution is -2.28. The molecule has 2 aromatic rings. The number of rotatable bonds is 3. The van der Waals surface area contributed by atoms with Crippen LogP contribution in [-0.2, 0) is 10.2 Å². The van der Waals surface area contributed by atoms with Gasteiger partial charge in [-0.3, -0.25) is 4.79 Å². The molecule has 2 rings (SSSR count). The topological polar surface area (TPSA) is 42.2 Å². The Morgan fingerprint density at radius 1 is 1.28 bits per heavy atom. The molecule has 0 unspecified atom stereocenters. The van der Waals surface area contributed by atoms with E-state index in [4.69, 9.17) is 0 Å². The van der Waals surface area contributed by atoms with Crippen molar-refractivity contribution >= 4 is 16.9 Å². The van der Waals surface area contributed by atoms with Crippen LogP contribution in [0.3, 0.4) is 0 Å². The van der Waals surface area contributed by atoms with E-state index in [2.05, 4.69) is 24.5 Å². The Bertz CT molecular complexity index is 594. The van der Waals surface area contributed by atoms with Gasteiger partial charge in [0.1, 0.15) is 0 Å². The number of benzene rings is 1. The lowest BCUT2D eigenvalue weighted by Gasteiger charge is -2.20. The number of nitrogens with zero attached hydrogens (tertiary/aromatic N) is 1. The first-order valence-corrected chi connectivity index (χ1v) is 6.18. The Balaban J connectivity index is 2.62. The van der Waals surface area contributed by atoms with Crippen LogP contribution in [-0.4, -0.2) is 15.6 Å². The molecule has 0 amide bonds. The van der Waals surface area contributed by atoms with Crippen molar-refractivity contribution in [2.24, 2.45) is 0 Å². The van der Waals surface area contributed by atoms with Crippen LogP contribution in [0, 0.1) is 0 Å². The molecule has 96 valence electrons. The van der Waals surface area contributed by atoms with E-state index in [-0.39, 0.29) is 0 Å². The van der Waals surface area contributed by atoms with Gasteiger partial charge in [0.05, 0.1) is 5.41 Å². The average Bonchev–Trinajstić information content (AvgIpc) is 2.71. The highest BCUT2D eigenvalue weighted by Gasteiger charge is 2.29. The molecule has 1 heterocycles. The molecular formula is C15H19NO2. The predicted molar refractivity (Wildman–Crippen MR) is 73.0 cm³/mol. The number of carbonyl (C=O) groups is 1. The molecular weight excluding hydrogens is 226 g/mol. The first-order chi connectivity index (χ1) is 8.34. The minimum atomic E-state index is -0.861. The second-order valence-electron chi connectivity index (χ2n) is 5.52. The molecule has 0 bridgehead atoms. The lowest BCUT2D eigenvalue weighted by molar-refractivity contribution is -0.142. The highest BCUT2D eigenvalue weighted by atomic mass is 16.4. The third kappa shape index (κ3) is 1.90. The first-order valence-electron chi connectivity index (χ1n) is 6.18. The summed E-state index contributed by atoms with van der Waals surface area (Å²) in [5.41, 5.74) is 1.07. The first kappa shape index (κ1) is 12.7. The highest BCUT2D eigenvalue weighted by Crippen LogP contribution is 2.28. The van der Waals surface area contributed by atoms with Crippen LogP contribution in [0.25, 0.3) is 10.9 Å². The predicted octanol–water partition coefficient (Wildman–Crippen LogP) is 3.58. The Morgan fingerprint density at radius 3 is 2.50 bits per heavy atom. The summed E-state index contributed by atoms with van der Waals surface area (Å²) in [5, 5.41) is 10.4. The second kappa shape index (κ2) is 4.16. The highest BCUT2D eigenvalue weighted by molar-refractivity contribution is 5.85. The van der Waals surface area contributed by atoms with Crippen molar-refractivity contribution in [1.82, 2.24) is 4.57 Å². The molecule has 0 saturated carbocycles. The van der Waals surface area contributed by atoms with Crippen LogP contribution in [0.1, 0.15) is 39.3 Å². The second-order valence-corrected chi connectivity index (χ2v) is 5.52. The maximum absolute atomic E-state index is 11.3. The van der Waals surface area contributed by atoms with Gasteiger partial charge in [-0.15, -0.1) is 0 Å². The van der Waals surface area contributed by atoms with E-state index < -0.39 is 11.4 Å². The van der Waals surface area contributed by atoms with Crippen molar-refractivity contribution in [3.63, 3.8) is 0 Å². The zero-order valence-electron chi connectivity index (χ0n) is 11.3. The molecule has 1 aromatic heterocycles. The fourth-order valence-corrected chi connectivity index (χ4v) is 2.11. The molecule has 0 saturated heterocycles. The summed E-state index contributed by atoms with van der Waals surface area (Å²) in [6, 6.07) is 8.32. The molecule has 0 spiro atoms. The zero-order chi connectivity index (χ0) is 13.5. The molecule has 1 aromatic carbocycles. The molecule has 0 radical (unpaired) electrons. The van der Waals surface area contributed by atoms with Crippen molar-refractivity contribution in [3.05, 3.63) is 36.0 Å². The van der Waals surface area contributed by atoms with Crippen molar-refractivity contribution in [2.45, 2.75) is 39.2 Å². The van der Waals surface area contributed by atoms with Gasteiger partial charge in [0.2, 0.25) is 0 Å². The Labute approximate surface area is 107 Å². The van der Waals surface area contributed by atoms with Crippen molar-refractivity contribution < 1.29 is 9.90 Å². The number of carboxylic acids is 1. The largest absolute Gasteiger partial charge is 0.481 e. The van der Waals surface area contributed by atoms with E-state index in [1.54, 1.807) is 13.8 Å². The SMILES string of the molecule is CC(C)n1ccc2ccc(C(C)(C)C(=O)O)cc21. The minimum absolute atomic E-state index is 0.366. The third-order valence-electron chi connectivity index (χ3n) is 3.54. The van der Waals surface area contributed by atoms with Crippen LogP contribution >= 0.6 is 0 Å². The molecule has 0 aliphatic heterocycles. The van der Waals surface area contributed by atoms with Gasteiger partial charge >= 0.3 is 5.97 Å². The van der Waals surface area contributed by atoms with E-state index in [1.807, 2.05) is 24.4 Å². The Hall–Kier alpha value is -1.77. The van der Waals surface area contributed by atoms with Crippen molar-refractivity contribution in [2.75, 3.05) is 0 Å². The fraction of sp³-hybridized carbons (Fsp3) is 0.400. The van der Waals surface area contributed by atoms with Gasteiger partial charge in [0, 0.05) is 17.8 Å². The average molecular weight is 245 g/mol. The van der Waals surface area contributed by atoms with E-state index in [1.165, 1.54) is 0 Å². The summed E-state index contributed by atoms with van der Waals surface area (Å²) in [6.45, 7) is 7.71. The van der Waals surface area contributed by atoms with Crippen molar-refractivity contribution in [3.8, 4) is 0 Å². The van der Waals surface area contributed by atoms with Gasteiger partial charge in [-0.2, -0.15) is 0 Å². The van der Waals surface area contributed by atoms with Crippen LogP contribution in [0.15, 0.2) is 30.5 Å². The summed E-state index contributed by atoms with van der Waals surface area (Å²) in [7, 11) is 0. The molecule has 3 heteroatoms. The maximum atomic E-state index is 11.3. The van der Waals surface area contributed by atoms with Crippen molar-refractivity contribution in [1.29, 1.82) is 0 Å². The number of aliphatic carboxylic acids is 1. The van der Waals surface area contributed by atoms with Gasteiger partial charge < -0.3 is 9.67 Å². The molecule has 0 fully saturated rings. The number of hydrogen-bond donors (Lipinski definition) is 1. The minimum Gasteiger partial charge on any atom is -0.481 e. The van der Waals surface area contributed by atoms with Crippen LogP contribution in [0.4, 0.5) is 0 Å². The molecule has 0 aliphatic rings. The van der Waals surface area contributed by atoms with E-state index in [9.17, 15) is 9.90 Å². The number of fused-ring (bicyclic) bond motifs is 1. The summed E-state index contributed by atoms with van der Waals surface area (Å²) in [4.78, 5) is 11.3. The molecule has 0 atom stereocenters. The van der Waals surface area contributed by atoms with Gasteiger partial charge in [-0.25, -0.2) is 0 Å². The van der Waals surface area contributed by atoms with Gasteiger partial charge in [0.25, 0.3) is 0 Å². The Kier molecular flexibility index (Phi) is 2.93. The van der Waals surface area contributed by atoms with Gasteiger partial charge in [-0.05, 0) is 50.8 Å². The number of hydrogen-bond acceptors (Lipinski definition) is 1. The quantitative estimate of drug-likeness (QED) is 0.898. The lowest BCUT2D eigenvalue weighted by atomic mass is 9.84. The summed E-state index contributed by atoms with van der Waals surface area (Å²) in [5.74, 6) is -0.801. The van der Waals surface area contributed by atoms with E-state index >= 15 is 0 Å². The van der Waals surface area contributed by atoms with Crippen LogP contribution < -0.4 is 0 Å².